The third kappa shape index (κ3) is 5.73. The Morgan fingerprint density at radius 3 is 2.44 bits per heavy atom. The topological polar surface area (TPSA) is 116 Å². The number of carbonyl (C=O) groups is 1. The van der Waals surface area contributed by atoms with Gasteiger partial charge >= 0.3 is 12.1 Å². The number of rotatable bonds is 9. The predicted octanol–water partition coefficient (Wildman–Crippen LogP) is 4.04. The molecule has 0 saturated heterocycles. The first kappa shape index (κ1) is 27.7. The smallest absolute Gasteiger partial charge is 0.411 e. The molecular weight excluding hydrogens is 525 g/mol. The molecule has 0 aliphatic heterocycles. The summed E-state index contributed by atoms with van der Waals surface area (Å²) >= 11 is 6.51. The molecule has 0 unspecified atom stereocenters. The Hall–Kier alpha value is -2.90. The Balaban J connectivity index is 2.12. The van der Waals surface area contributed by atoms with Gasteiger partial charge in [0, 0.05) is 37.4 Å². The zero-order valence-electron chi connectivity index (χ0n) is 19.8. The van der Waals surface area contributed by atoms with Gasteiger partial charge in [-0.2, -0.15) is 23.4 Å². The predicted molar refractivity (Wildman–Crippen MR) is 125 cm³/mol. The Morgan fingerprint density at radius 1 is 1.22 bits per heavy atom. The lowest BCUT2D eigenvalue weighted by atomic mass is 10.00. The van der Waals surface area contributed by atoms with Crippen LogP contribution in [0.15, 0.2) is 23.2 Å². The van der Waals surface area contributed by atoms with Crippen LogP contribution < -0.4 is 0 Å². The van der Waals surface area contributed by atoms with Crippen molar-refractivity contribution in [1.82, 2.24) is 19.6 Å². The molecule has 0 saturated carbocycles. The van der Waals surface area contributed by atoms with E-state index in [2.05, 4.69) is 10.2 Å². The first-order chi connectivity index (χ1) is 16.7. The van der Waals surface area contributed by atoms with Gasteiger partial charge in [0.05, 0.1) is 34.1 Å². The first-order valence-electron chi connectivity index (χ1n) is 10.6. The number of hydrogen-bond acceptors (Lipinski definition) is 6. The highest BCUT2D eigenvalue weighted by molar-refractivity contribution is 7.90. The molecule has 2 aromatic heterocycles. The van der Waals surface area contributed by atoms with E-state index in [1.807, 2.05) is 6.92 Å². The first-order valence-corrected chi connectivity index (χ1v) is 12.9. The van der Waals surface area contributed by atoms with E-state index in [1.54, 1.807) is 18.7 Å². The van der Waals surface area contributed by atoms with Gasteiger partial charge in [0.25, 0.3) is 0 Å². The lowest BCUT2D eigenvalue weighted by Crippen LogP contribution is -2.17. The van der Waals surface area contributed by atoms with Crippen molar-refractivity contribution in [3.63, 3.8) is 0 Å². The summed E-state index contributed by atoms with van der Waals surface area (Å²) in [5.74, 6) is -1.16. The molecule has 0 spiro atoms. The number of sulfone groups is 1. The Kier molecular flexibility index (Phi) is 7.86. The van der Waals surface area contributed by atoms with Crippen LogP contribution in [0.1, 0.15) is 39.7 Å². The van der Waals surface area contributed by atoms with Crippen molar-refractivity contribution in [2.45, 2.75) is 44.5 Å². The zero-order valence-corrected chi connectivity index (χ0v) is 21.4. The molecule has 1 aromatic carbocycles. The minimum absolute atomic E-state index is 0.00807. The molecule has 14 heteroatoms. The van der Waals surface area contributed by atoms with Gasteiger partial charge in [-0.05, 0) is 25.5 Å². The van der Waals surface area contributed by atoms with Gasteiger partial charge in [-0.25, -0.2) is 13.2 Å². The van der Waals surface area contributed by atoms with E-state index in [4.69, 9.17) is 16.3 Å². The normalized spacial score (nSPS) is 12.3. The summed E-state index contributed by atoms with van der Waals surface area (Å²) in [5.41, 5.74) is 2.01. The van der Waals surface area contributed by atoms with E-state index in [9.17, 15) is 31.5 Å². The molecule has 0 aliphatic carbocycles. The third-order valence-electron chi connectivity index (χ3n) is 5.45. The van der Waals surface area contributed by atoms with Crippen LogP contribution in [0.2, 0.25) is 5.02 Å². The van der Waals surface area contributed by atoms with E-state index in [-0.39, 0.29) is 27.5 Å². The van der Waals surface area contributed by atoms with Gasteiger partial charge in [0.15, 0.2) is 9.84 Å². The summed E-state index contributed by atoms with van der Waals surface area (Å²) in [6, 6.07) is 2.73. The minimum Gasteiger partial charge on any atom is -0.478 e. The van der Waals surface area contributed by atoms with Crippen LogP contribution in [0.4, 0.5) is 13.2 Å². The van der Waals surface area contributed by atoms with Crippen LogP contribution in [0.3, 0.4) is 0 Å². The fourth-order valence-electron chi connectivity index (χ4n) is 4.00. The summed E-state index contributed by atoms with van der Waals surface area (Å²) in [7, 11) is -2.21. The molecule has 0 bridgehead atoms. The highest BCUT2D eigenvalue weighted by atomic mass is 35.5. The molecule has 0 amide bonds. The molecule has 0 fully saturated rings. The molecule has 196 valence electrons. The number of carboxylic acid groups (broad SMARTS) is 1. The number of nitrogens with zero attached hydrogens (tertiary/aromatic N) is 4. The summed E-state index contributed by atoms with van der Waals surface area (Å²) in [6.45, 7) is 1.58. The van der Waals surface area contributed by atoms with E-state index in [1.165, 1.54) is 23.0 Å². The highest BCUT2D eigenvalue weighted by Crippen LogP contribution is 2.34. The number of alkyl halides is 3. The second kappa shape index (κ2) is 10.2. The molecule has 3 aromatic rings. The van der Waals surface area contributed by atoms with E-state index in [0.717, 1.165) is 6.26 Å². The summed E-state index contributed by atoms with van der Waals surface area (Å²) in [5, 5.41) is 18.3. The van der Waals surface area contributed by atoms with E-state index < -0.39 is 35.2 Å². The quantitative estimate of drug-likeness (QED) is 0.429. The van der Waals surface area contributed by atoms with Gasteiger partial charge in [-0.3, -0.25) is 9.36 Å². The summed E-state index contributed by atoms with van der Waals surface area (Å²) < 4.78 is 70.0. The molecule has 36 heavy (non-hydrogen) atoms. The second-order valence-corrected chi connectivity index (χ2v) is 10.5. The number of carboxylic acids is 1. The number of halogens is 4. The standard InChI is InChI=1S/C22H24ClF3N4O5S/c1-5-30-19(20-17(21(31)32)12(2)28-29(20)3)14(9-27-30)8-13-6-7-16(36(4,33)34)15(18(13)23)10-35-11-22(24,25)26/h6-7,9H,5,8,10-11H2,1-4H3,(H,31,32). The minimum atomic E-state index is -4.60. The monoisotopic (exact) mass is 548 g/mol. The van der Waals surface area contributed by atoms with Crippen molar-refractivity contribution in [2.24, 2.45) is 7.05 Å². The van der Waals surface area contributed by atoms with Crippen LogP contribution in [0.5, 0.6) is 0 Å². The Labute approximate surface area is 210 Å². The van der Waals surface area contributed by atoms with E-state index >= 15 is 0 Å². The lowest BCUT2D eigenvalue weighted by molar-refractivity contribution is -0.176. The zero-order chi connectivity index (χ0) is 27.0. The van der Waals surface area contributed by atoms with Crippen molar-refractivity contribution in [2.75, 3.05) is 12.9 Å². The average Bonchev–Trinajstić information content (AvgIpc) is 3.27. The van der Waals surface area contributed by atoms with Gasteiger partial charge in [-0.1, -0.05) is 17.7 Å². The number of ether oxygens (including phenoxy) is 1. The molecule has 0 atom stereocenters. The highest BCUT2D eigenvalue weighted by Gasteiger charge is 2.29. The molecule has 1 N–H and O–H groups in total. The number of aryl methyl sites for hydroxylation is 3. The molecule has 0 radical (unpaired) electrons. The number of hydrogen-bond donors (Lipinski definition) is 1. The summed E-state index contributed by atoms with van der Waals surface area (Å²) in [6.07, 6.45) is -2.05. The SMILES string of the molecule is CCn1ncc(Cc2ccc(S(C)(=O)=O)c(COCC(F)(F)F)c2Cl)c1-c1c(C(=O)O)c(C)nn1C. The van der Waals surface area contributed by atoms with Crippen LogP contribution in [-0.4, -0.2) is 58.1 Å². The van der Waals surface area contributed by atoms with Crippen molar-refractivity contribution < 1.29 is 36.2 Å². The molecular formula is C22H24ClF3N4O5S. The number of aromatic carboxylic acids is 1. The van der Waals surface area contributed by atoms with Crippen LogP contribution in [0.25, 0.3) is 11.4 Å². The number of aromatic nitrogens is 4. The second-order valence-electron chi connectivity index (χ2n) is 8.14. The fourth-order valence-corrected chi connectivity index (χ4v) is 5.26. The van der Waals surface area contributed by atoms with E-state index in [0.29, 0.717) is 34.8 Å². The molecule has 9 nitrogen and oxygen atoms in total. The maximum atomic E-state index is 12.6. The van der Waals surface area contributed by atoms with Crippen LogP contribution >= 0.6 is 11.6 Å². The molecule has 2 heterocycles. The van der Waals surface area contributed by atoms with Gasteiger partial charge in [-0.15, -0.1) is 0 Å². The fraction of sp³-hybridized carbons (Fsp3) is 0.409. The molecule has 0 aliphatic rings. The summed E-state index contributed by atoms with van der Waals surface area (Å²) in [4.78, 5) is 11.7. The van der Waals surface area contributed by atoms with Gasteiger partial charge in [0.2, 0.25) is 0 Å². The Bertz CT molecular complexity index is 1410. The van der Waals surface area contributed by atoms with Crippen molar-refractivity contribution in [1.29, 1.82) is 0 Å². The Morgan fingerprint density at radius 2 is 1.89 bits per heavy atom. The van der Waals surface area contributed by atoms with Crippen molar-refractivity contribution in [3.8, 4) is 11.4 Å². The van der Waals surface area contributed by atoms with Gasteiger partial charge < -0.3 is 9.84 Å². The van der Waals surface area contributed by atoms with Crippen molar-refractivity contribution in [3.05, 3.63) is 51.3 Å². The lowest BCUT2D eigenvalue weighted by Gasteiger charge is -2.16. The maximum absolute atomic E-state index is 12.6. The van der Waals surface area contributed by atoms with Crippen LogP contribution in [0, 0.1) is 6.92 Å². The maximum Gasteiger partial charge on any atom is 0.411 e. The third-order valence-corrected chi connectivity index (χ3v) is 7.10. The largest absolute Gasteiger partial charge is 0.478 e. The van der Waals surface area contributed by atoms with Gasteiger partial charge in [0.1, 0.15) is 17.9 Å². The van der Waals surface area contributed by atoms with Crippen molar-refractivity contribution >= 4 is 27.4 Å². The number of benzene rings is 1. The average molecular weight is 549 g/mol. The van der Waals surface area contributed by atoms with Crippen LogP contribution in [-0.2, 0) is 41.2 Å². The molecule has 3 rings (SSSR count).